The van der Waals surface area contributed by atoms with Crippen molar-refractivity contribution in [2.75, 3.05) is 0 Å². The molecule has 2 aromatic carbocycles. The van der Waals surface area contributed by atoms with Crippen LogP contribution < -0.4 is 5.73 Å². The van der Waals surface area contributed by atoms with Gasteiger partial charge in [-0.05, 0) is 23.3 Å². The molecule has 3 rings (SSSR count). The van der Waals surface area contributed by atoms with E-state index in [0.717, 1.165) is 0 Å². The molecule has 1 heterocycles. The van der Waals surface area contributed by atoms with Crippen molar-refractivity contribution in [2.45, 2.75) is 10.0 Å². The largest absolute Gasteiger partial charge is 0.467 e. The summed E-state index contributed by atoms with van der Waals surface area (Å²) in [6.45, 7) is 0. The van der Waals surface area contributed by atoms with Gasteiger partial charge in [0.1, 0.15) is 15.7 Å². The van der Waals surface area contributed by atoms with E-state index in [9.17, 15) is 18.0 Å². The number of hydrogen-bond acceptors (Lipinski definition) is 9. The third kappa shape index (κ3) is 3.82. The van der Waals surface area contributed by atoms with Gasteiger partial charge in [0.05, 0.1) is 10.1 Å². The monoisotopic (exact) mass is 441 g/mol. The normalized spacial score (nSPS) is 19.1. The average Bonchev–Trinajstić information content (AvgIpc) is 2.97. The molecule has 158 valence electrons. The van der Waals surface area contributed by atoms with Crippen molar-refractivity contribution in [3.8, 4) is 0 Å². The Labute approximate surface area is 181 Å². The molecule has 0 aromatic heterocycles. The van der Waals surface area contributed by atoms with E-state index < -0.39 is 43.6 Å². The Bertz CT molecular complexity index is 1170. The molecule has 0 amide bonds. The van der Waals surface area contributed by atoms with Crippen molar-refractivity contribution in [1.82, 2.24) is 0 Å². The Morgan fingerprint density at radius 3 is 2.23 bits per heavy atom. The number of ether oxygens (including phenoxy) is 1. The molecule has 13 heteroatoms. The van der Waals surface area contributed by atoms with Gasteiger partial charge in [-0.25, -0.2) is 4.79 Å². The molecule has 0 unspecified atom stereocenters. The first-order chi connectivity index (χ1) is 14.4. The van der Waals surface area contributed by atoms with Crippen LogP contribution in [0.4, 0.5) is 0 Å². The first kappa shape index (κ1) is 22.5. The summed E-state index contributed by atoms with van der Waals surface area (Å²) in [5.41, 5.74) is 4.92. The maximum absolute atomic E-state index is 13.1. The van der Waals surface area contributed by atoms with Crippen LogP contribution in [0, 0.1) is 0 Å². The highest BCUT2D eigenvalue weighted by atomic mass is 32.2. The number of rotatable bonds is 6. The molecule has 0 aliphatic carbocycles. The molecule has 1 aliphatic heterocycles. The topological polar surface area (TPSA) is 142 Å². The highest BCUT2D eigenvalue weighted by Crippen LogP contribution is 2.38. The fraction of sp³-hybridized carbons (Fsp3) is 0.111. The minimum Gasteiger partial charge on any atom is -0.467 e. The Morgan fingerprint density at radius 1 is 1.10 bits per heavy atom. The number of carbonyl (C=O) groups excluding carboxylic acids is 2. The zero-order valence-electron chi connectivity index (χ0n) is 17.0. The lowest BCUT2D eigenvalue weighted by Gasteiger charge is -2.26. The second-order valence-electron chi connectivity index (χ2n) is 7.53. The number of ketones is 1. The minimum absolute atomic E-state index is 0.0323. The molecule has 1 aliphatic rings. The van der Waals surface area contributed by atoms with Crippen molar-refractivity contribution >= 4 is 45.4 Å². The maximum Gasteiger partial charge on any atom is 0.372 e. The molecular formula is C18H18B3NO8S. The summed E-state index contributed by atoms with van der Waals surface area (Å²) in [6, 6.07) is 13.8. The zero-order valence-corrected chi connectivity index (χ0v) is 17.8. The first-order valence-corrected chi connectivity index (χ1v) is 10.5. The van der Waals surface area contributed by atoms with Crippen LogP contribution in [-0.4, -0.2) is 49.0 Å². The van der Waals surface area contributed by atoms with Gasteiger partial charge in [0.15, 0.2) is 13.3 Å². The standard InChI is InChI=1S/C18H18B3NO8S/c19-17(11-8-6-10(7-9-11)16(24)29-25)14(23)13(15(22)28-17)30-31(26,27)18(20,21)12-4-2-1-3-5-12/h1-9,25H,19-22H2/t17-/m1/s1. The molecule has 0 fully saturated rings. The van der Waals surface area contributed by atoms with Crippen LogP contribution in [-0.2, 0) is 38.8 Å². The molecule has 0 bridgehead atoms. The van der Waals surface area contributed by atoms with Gasteiger partial charge >= 0.3 is 16.1 Å². The lowest BCUT2D eigenvalue weighted by atomic mass is 9.65. The fourth-order valence-electron chi connectivity index (χ4n) is 3.08. The van der Waals surface area contributed by atoms with E-state index in [1.165, 1.54) is 47.8 Å². The van der Waals surface area contributed by atoms with Crippen molar-refractivity contribution in [2.24, 2.45) is 5.73 Å². The Morgan fingerprint density at radius 2 is 1.68 bits per heavy atom. The van der Waals surface area contributed by atoms with E-state index in [0.29, 0.717) is 5.56 Å². The van der Waals surface area contributed by atoms with Gasteiger partial charge in [0, 0.05) is 0 Å². The number of nitrogens with two attached hydrogens (primary N) is 1. The molecule has 2 aromatic rings. The Kier molecular flexibility index (Phi) is 5.68. The minimum atomic E-state index is -4.34. The van der Waals surface area contributed by atoms with Crippen molar-refractivity contribution in [3.63, 3.8) is 0 Å². The van der Waals surface area contributed by atoms with E-state index in [2.05, 4.69) is 4.89 Å². The van der Waals surface area contributed by atoms with Crippen molar-refractivity contribution < 1.29 is 37.1 Å². The van der Waals surface area contributed by atoms with Crippen LogP contribution in [0.5, 0.6) is 0 Å². The summed E-state index contributed by atoms with van der Waals surface area (Å²) < 4.78 is 35.2. The third-order valence-corrected chi connectivity index (χ3v) is 7.09. The molecule has 0 spiro atoms. The lowest BCUT2D eigenvalue weighted by molar-refractivity contribution is -0.182. The van der Waals surface area contributed by atoms with Gasteiger partial charge < -0.3 is 14.7 Å². The highest BCUT2D eigenvalue weighted by molar-refractivity contribution is 7.90. The van der Waals surface area contributed by atoms with Gasteiger partial charge in [-0.1, -0.05) is 42.5 Å². The predicted molar refractivity (Wildman–Crippen MR) is 117 cm³/mol. The van der Waals surface area contributed by atoms with Crippen LogP contribution in [0.3, 0.4) is 0 Å². The third-order valence-electron chi connectivity index (χ3n) is 5.22. The number of carbonyl (C=O) groups is 2. The SMILES string of the molecule is BC(B)(c1ccccc1)S(=O)(=O)OC1=C(N)O[C@](B)(c2ccc(C(=O)OO)cc2)C1=O. The smallest absolute Gasteiger partial charge is 0.372 e. The first-order valence-electron chi connectivity index (χ1n) is 9.13. The summed E-state index contributed by atoms with van der Waals surface area (Å²) in [4.78, 5) is 28.1. The Balaban J connectivity index is 1.90. The predicted octanol–water partition coefficient (Wildman–Crippen LogP) is -1.75. The number of Topliss-reactive ketones (excluding diaryl/α,β-unsaturated/α-hetero) is 1. The summed E-state index contributed by atoms with van der Waals surface area (Å²) in [5, 5.41) is 8.46. The molecular weight excluding hydrogens is 423 g/mol. The van der Waals surface area contributed by atoms with E-state index >= 15 is 0 Å². The fourth-order valence-corrected chi connectivity index (χ4v) is 4.10. The van der Waals surface area contributed by atoms with Gasteiger partial charge in [-0.3, -0.25) is 9.68 Å². The van der Waals surface area contributed by atoms with Crippen molar-refractivity contribution in [3.05, 3.63) is 82.9 Å². The van der Waals surface area contributed by atoms with Crippen LogP contribution >= 0.6 is 0 Å². The summed E-state index contributed by atoms with van der Waals surface area (Å²) in [7, 11) is -0.0453. The molecule has 0 saturated heterocycles. The van der Waals surface area contributed by atoms with E-state index in [1.54, 1.807) is 30.3 Å². The molecule has 9 nitrogen and oxygen atoms in total. The Hall–Kier alpha value is -3.18. The average molecular weight is 441 g/mol. The van der Waals surface area contributed by atoms with E-state index in [4.69, 9.17) is 19.9 Å². The van der Waals surface area contributed by atoms with Crippen molar-refractivity contribution in [1.29, 1.82) is 0 Å². The van der Waals surface area contributed by atoms with Gasteiger partial charge in [0.2, 0.25) is 17.4 Å². The van der Waals surface area contributed by atoms with Gasteiger partial charge in [-0.2, -0.15) is 13.7 Å². The summed E-state index contributed by atoms with van der Waals surface area (Å²) in [6.07, 6.45) is 0. The van der Waals surface area contributed by atoms with Crippen LogP contribution in [0.15, 0.2) is 66.2 Å². The quantitative estimate of drug-likeness (QED) is 0.231. The summed E-state index contributed by atoms with van der Waals surface area (Å²) >= 11 is 0. The van der Waals surface area contributed by atoms with Crippen LogP contribution in [0.25, 0.3) is 0 Å². The number of benzene rings is 2. The molecule has 0 radical (unpaired) electrons. The number of hydrogen-bond donors (Lipinski definition) is 2. The zero-order chi connectivity index (χ0) is 23.0. The maximum atomic E-state index is 13.1. The van der Waals surface area contributed by atoms with Gasteiger partial charge in [-0.15, -0.1) is 0 Å². The second kappa shape index (κ2) is 7.82. The summed E-state index contributed by atoms with van der Waals surface area (Å²) in [5.74, 6) is -2.87. The second-order valence-corrected chi connectivity index (χ2v) is 9.62. The van der Waals surface area contributed by atoms with Crippen LogP contribution in [0.2, 0.25) is 0 Å². The van der Waals surface area contributed by atoms with Crippen LogP contribution in [0.1, 0.15) is 21.5 Å². The van der Waals surface area contributed by atoms with E-state index in [-0.39, 0.29) is 11.1 Å². The molecule has 31 heavy (non-hydrogen) atoms. The van der Waals surface area contributed by atoms with E-state index in [1.807, 2.05) is 0 Å². The van der Waals surface area contributed by atoms with Gasteiger partial charge in [0.25, 0.3) is 0 Å². The molecule has 3 N–H and O–H groups in total. The lowest BCUT2D eigenvalue weighted by Crippen LogP contribution is -2.40. The molecule has 0 saturated carbocycles. The molecule has 1 atom stereocenters. The highest BCUT2D eigenvalue weighted by Gasteiger charge is 2.50.